The van der Waals surface area contributed by atoms with Crippen molar-refractivity contribution in [3.63, 3.8) is 0 Å². The Labute approximate surface area is 255 Å². The van der Waals surface area contributed by atoms with Crippen LogP contribution in [0, 0.1) is 23.1 Å². The number of aromatic amines is 2. The minimum absolute atomic E-state index is 0.102. The lowest BCUT2D eigenvalue weighted by atomic mass is 10.1. The lowest BCUT2D eigenvalue weighted by molar-refractivity contribution is -0.381. The molecule has 0 radical (unpaired) electrons. The molecule has 0 spiro atoms. The van der Waals surface area contributed by atoms with E-state index < -0.39 is 80.6 Å². The van der Waals surface area contributed by atoms with Crippen LogP contribution in [0.1, 0.15) is 23.6 Å². The van der Waals surface area contributed by atoms with Crippen LogP contribution < -0.4 is 11.4 Å². The predicted molar refractivity (Wildman–Crippen MR) is 145 cm³/mol. The smallest absolute Gasteiger partial charge is 0.332 e. The molecular weight excluding hydrogens is 659 g/mol. The second-order valence-electron chi connectivity index (χ2n) is 9.91. The van der Waals surface area contributed by atoms with Crippen molar-refractivity contribution in [2.24, 2.45) is 0 Å². The molecule has 246 valence electrons. The monoisotopic (exact) mass is 688 g/mol. The van der Waals surface area contributed by atoms with Crippen LogP contribution in [0.3, 0.4) is 0 Å². The summed E-state index contributed by atoms with van der Waals surface area (Å²) in [5.41, 5.74) is -0.796. The first-order valence-corrected chi connectivity index (χ1v) is 15.3. The summed E-state index contributed by atoms with van der Waals surface area (Å²) in [6, 6.07) is 0. The third-order valence-corrected chi connectivity index (χ3v) is 8.87. The molecule has 4 heterocycles. The molecule has 8 N–H and O–H groups in total. The predicted octanol–water partition coefficient (Wildman–Crippen LogP) is -0.335. The normalized spacial score (nSPS) is 31.6. The fourth-order valence-electron chi connectivity index (χ4n) is 4.65. The van der Waals surface area contributed by atoms with Crippen molar-refractivity contribution < 1.29 is 68.8 Å². The van der Waals surface area contributed by atoms with Gasteiger partial charge in [-0.3, -0.25) is 43.2 Å². The molecular formula is C21H29N4O16PS2. The molecule has 44 heavy (non-hydrogen) atoms. The largest absolute Gasteiger partial charge is 0.387 e. The Balaban J connectivity index is 1.51. The Kier molecular flexibility index (Phi) is 10.8. The Bertz CT molecular complexity index is 1630. The van der Waals surface area contributed by atoms with E-state index in [0.29, 0.717) is 11.1 Å². The molecule has 23 heteroatoms. The molecule has 0 bridgehead atoms. The fraction of sp³-hybridized carbons (Fsp3) is 0.619. The number of ether oxygens (including phenoxy) is 2. The van der Waals surface area contributed by atoms with Crippen LogP contribution in [0.4, 0.5) is 0 Å². The molecule has 4 rings (SSSR count). The van der Waals surface area contributed by atoms with Gasteiger partial charge in [-0.25, -0.2) is 29.5 Å². The number of aromatic nitrogens is 4. The van der Waals surface area contributed by atoms with Crippen LogP contribution >= 0.6 is 32.0 Å². The van der Waals surface area contributed by atoms with Crippen molar-refractivity contribution in [3.05, 3.63) is 53.8 Å². The van der Waals surface area contributed by atoms with E-state index in [1.54, 1.807) is 13.8 Å². The second kappa shape index (κ2) is 13.7. The van der Waals surface area contributed by atoms with Gasteiger partial charge in [0.25, 0.3) is 0 Å². The van der Waals surface area contributed by atoms with Crippen LogP contribution in [0.2, 0.25) is 0 Å². The van der Waals surface area contributed by atoms with Crippen molar-refractivity contribution >= 4 is 32.0 Å². The fourth-order valence-corrected chi connectivity index (χ4v) is 6.03. The third-order valence-electron chi connectivity index (χ3n) is 6.83. The highest BCUT2D eigenvalue weighted by atomic mass is 32.1. The average molecular weight is 689 g/mol. The Morgan fingerprint density at radius 3 is 1.86 bits per heavy atom. The van der Waals surface area contributed by atoms with Crippen LogP contribution in [-0.2, 0) is 37.7 Å². The van der Waals surface area contributed by atoms with Crippen molar-refractivity contribution in [2.45, 2.75) is 75.5 Å². The maximum Gasteiger partial charge on any atom is 0.332 e. The molecule has 2 aromatic heterocycles. The van der Waals surface area contributed by atoms with E-state index in [4.69, 9.17) is 43.0 Å². The molecule has 2 fully saturated rings. The van der Waals surface area contributed by atoms with Crippen LogP contribution in [-0.4, -0.2) is 106 Å². The number of aliphatic hydroxyl groups is 3. The number of nitrogens with zero attached hydrogens (tertiary/aromatic N) is 2. The van der Waals surface area contributed by atoms with Gasteiger partial charge in [-0.2, -0.15) is 0 Å². The standard InChI is InChI=1S/C21H29N4O16PS2/c1-6-4-24(20(29)22-14(6)43)16-9(27)8(26)10(35-16)18(28)40-42(3,34)41-19(39-33)13-11(37-31)12(38-32)17(36-13)25-5-7(2)15(44)23-21(25)30/h4-5,8-13,16-19,26-28,31-33H,1-3H3,(H,22,29,43)(H,23,30,44)/t8?,9?,10-,11?,12?,13-,16+,17+,18?,19?,42?/m0/s1. The Hall–Kier alpha value is -2.09. The number of rotatable bonds is 11. The van der Waals surface area contributed by atoms with E-state index in [1.165, 1.54) is 12.4 Å². The quantitative estimate of drug-likeness (QED) is 0.0493. The highest BCUT2D eigenvalue weighted by Gasteiger charge is 2.55. The van der Waals surface area contributed by atoms with E-state index in [0.717, 1.165) is 15.8 Å². The number of aliphatic hydroxyl groups excluding tert-OH is 3. The first kappa shape index (κ1) is 34.8. The number of hydrogen-bond acceptors (Lipinski definition) is 18. The number of H-pyrrole nitrogens is 2. The highest BCUT2D eigenvalue weighted by molar-refractivity contribution is 7.71. The zero-order valence-corrected chi connectivity index (χ0v) is 25.4. The molecule has 2 saturated heterocycles. The molecule has 0 aromatic carbocycles. The van der Waals surface area contributed by atoms with E-state index >= 15 is 0 Å². The van der Waals surface area contributed by atoms with Gasteiger partial charge >= 0.3 is 19.0 Å². The summed E-state index contributed by atoms with van der Waals surface area (Å²) in [5, 5.41) is 60.2. The topological polar surface area (TPSA) is 279 Å². The van der Waals surface area contributed by atoms with Crippen molar-refractivity contribution in [1.82, 2.24) is 19.1 Å². The Morgan fingerprint density at radius 2 is 1.36 bits per heavy atom. The first-order chi connectivity index (χ1) is 20.6. The van der Waals surface area contributed by atoms with Gasteiger partial charge in [-0.1, -0.05) is 24.4 Å². The summed E-state index contributed by atoms with van der Waals surface area (Å²) >= 11 is 9.99. The van der Waals surface area contributed by atoms with Gasteiger partial charge in [0.1, 0.15) is 33.7 Å². The minimum atomic E-state index is -4.57. The van der Waals surface area contributed by atoms with Gasteiger partial charge < -0.3 is 24.8 Å². The van der Waals surface area contributed by atoms with Gasteiger partial charge in [0, 0.05) is 30.2 Å². The lowest BCUT2D eigenvalue weighted by Gasteiger charge is -2.28. The molecule has 2 aliphatic heterocycles. The molecule has 20 nitrogen and oxygen atoms in total. The molecule has 0 amide bonds. The zero-order valence-electron chi connectivity index (χ0n) is 22.9. The Morgan fingerprint density at radius 1 is 0.864 bits per heavy atom. The van der Waals surface area contributed by atoms with Gasteiger partial charge in [0.15, 0.2) is 31.0 Å². The molecule has 2 aromatic rings. The van der Waals surface area contributed by atoms with Gasteiger partial charge in [0.05, 0.1) is 0 Å². The van der Waals surface area contributed by atoms with Crippen molar-refractivity contribution in [1.29, 1.82) is 0 Å². The summed E-state index contributed by atoms with van der Waals surface area (Å²) in [4.78, 5) is 42.5. The second-order valence-corrected chi connectivity index (χ2v) is 12.7. The molecule has 2 aliphatic rings. The minimum Gasteiger partial charge on any atom is -0.387 e. The summed E-state index contributed by atoms with van der Waals surface area (Å²) in [6.07, 6.45) is -15.7. The lowest BCUT2D eigenvalue weighted by Crippen LogP contribution is -2.43. The van der Waals surface area contributed by atoms with E-state index in [1.807, 2.05) is 0 Å². The van der Waals surface area contributed by atoms with E-state index in [-0.39, 0.29) is 9.28 Å². The summed E-state index contributed by atoms with van der Waals surface area (Å²) in [6.45, 7) is 3.92. The number of nitrogens with one attached hydrogen (secondary N) is 2. The maximum atomic E-state index is 13.2. The van der Waals surface area contributed by atoms with E-state index in [2.05, 4.69) is 24.6 Å². The van der Waals surface area contributed by atoms with Crippen molar-refractivity contribution in [3.8, 4) is 0 Å². The van der Waals surface area contributed by atoms with Gasteiger partial charge in [-0.05, 0) is 13.8 Å². The van der Waals surface area contributed by atoms with Crippen LogP contribution in [0.15, 0.2) is 22.0 Å². The highest BCUT2D eigenvalue weighted by Crippen LogP contribution is 2.50. The summed E-state index contributed by atoms with van der Waals surface area (Å²) in [7, 11) is -4.57. The number of aryl methyl sites for hydroxylation is 2. The summed E-state index contributed by atoms with van der Waals surface area (Å²) in [5.74, 6) is 0. The van der Waals surface area contributed by atoms with Crippen LogP contribution in [0.5, 0.6) is 0 Å². The first-order valence-electron chi connectivity index (χ1n) is 12.5. The SMILES string of the molecule is Cc1cn([C@@H]2O[C@H](C(O)OP(C)(=O)OC(OO)[C@H]3O[C@@H](n4cc(C)c(=S)[nH]c4=O)C(OO)C3OO)C(O)C2O)c(=O)[nH]c1=S. The molecule has 0 aliphatic carbocycles. The maximum absolute atomic E-state index is 13.2. The summed E-state index contributed by atoms with van der Waals surface area (Å²) < 4.78 is 36.5. The molecule has 0 saturated carbocycles. The number of hydrogen-bond donors (Lipinski definition) is 8. The third kappa shape index (κ3) is 6.85. The zero-order chi connectivity index (χ0) is 32.7. The van der Waals surface area contributed by atoms with Gasteiger partial charge in [-0.15, -0.1) is 0 Å². The van der Waals surface area contributed by atoms with E-state index in [9.17, 15) is 45.2 Å². The van der Waals surface area contributed by atoms with Gasteiger partial charge in [0.2, 0.25) is 6.29 Å². The van der Waals surface area contributed by atoms with Crippen molar-refractivity contribution in [2.75, 3.05) is 6.66 Å². The van der Waals surface area contributed by atoms with Crippen LogP contribution in [0.25, 0.3) is 0 Å². The molecule has 11 atom stereocenters. The average Bonchev–Trinajstić information content (AvgIpc) is 3.47. The molecule has 7 unspecified atom stereocenters.